The molecule has 12 heteroatoms. The lowest BCUT2D eigenvalue weighted by molar-refractivity contribution is -0.138. The first kappa shape index (κ1) is 30.5. The molecular weight excluding hydrogens is 598 g/mol. The van der Waals surface area contributed by atoms with E-state index in [2.05, 4.69) is 0 Å². The quantitative estimate of drug-likeness (QED) is 0.200. The van der Waals surface area contributed by atoms with Crippen molar-refractivity contribution in [1.82, 2.24) is 0 Å². The summed E-state index contributed by atoms with van der Waals surface area (Å²) in [6, 6.07) is 16.7. The zero-order valence-corrected chi connectivity index (χ0v) is 22.3. The highest BCUT2D eigenvalue weighted by Crippen LogP contribution is 2.37. The zero-order valence-electron chi connectivity index (χ0n) is 20.8. The fourth-order valence-electron chi connectivity index (χ4n) is 3.98. The standard InChI is InChI=1S/C29H20Cl2F7NO2/c30-23-5-2-6-26(27(23)31)41-22-4-1-3-21(14-22)39(15-18-13-20(29(36,37)38)11-12-24(18)32)16-25(40)17-7-9-19(10-8-17)28(33,34)35/h1-14,25,40H,15-16H2. The molecule has 0 heterocycles. The molecule has 0 saturated heterocycles. The molecular formula is C29H20Cl2F7NO2. The summed E-state index contributed by atoms with van der Waals surface area (Å²) in [4.78, 5) is 1.38. The first-order chi connectivity index (χ1) is 19.2. The average molecular weight is 618 g/mol. The number of benzene rings is 4. The highest BCUT2D eigenvalue weighted by atomic mass is 35.5. The molecule has 0 saturated carbocycles. The molecule has 0 bridgehead atoms. The van der Waals surface area contributed by atoms with Crippen molar-refractivity contribution in [2.24, 2.45) is 0 Å². The van der Waals surface area contributed by atoms with Crippen LogP contribution in [0.2, 0.25) is 10.0 Å². The number of anilines is 1. The summed E-state index contributed by atoms with van der Waals surface area (Å²) in [5, 5.41) is 11.3. The molecule has 1 atom stereocenters. The molecule has 3 nitrogen and oxygen atoms in total. The monoisotopic (exact) mass is 617 g/mol. The summed E-state index contributed by atoms with van der Waals surface area (Å²) in [7, 11) is 0. The molecule has 0 aliphatic heterocycles. The number of rotatable bonds is 8. The van der Waals surface area contributed by atoms with E-state index < -0.39 is 41.9 Å². The maximum atomic E-state index is 14.7. The van der Waals surface area contributed by atoms with Gasteiger partial charge in [-0.2, -0.15) is 26.3 Å². The fourth-order valence-corrected chi connectivity index (χ4v) is 4.31. The van der Waals surface area contributed by atoms with Crippen LogP contribution in [0.4, 0.5) is 36.4 Å². The van der Waals surface area contributed by atoms with E-state index in [4.69, 9.17) is 27.9 Å². The summed E-state index contributed by atoms with van der Waals surface area (Å²) < 4.78 is 99.4. The van der Waals surface area contributed by atoms with Crippen LogP contribution in [-0.2, 0) is 18.9 Å². The van der Waals surface area contributed by atoms with Gasteiger partial charge in [0.2, 0.25) is 0 Å². The predicted molar refractivity (Wildman–Crippen MR) is 142 cm³/mol. The first-order valence-electron chi connectivity index (χ1n) is 11.9. The normalized spacial score (nSPS) is 12.7. The molecule has 0 aromatic heterocycles. The van der Waals surface area contributed by atoms with Gasteiger partial charge < -0.3 is 14.7 Å². The third-order valence-electron chi connectivity index (χ3n) is 6.08. The molecule has 4 rings (SSSR count). The van der Waals surface area contributed by atoms with E-state index in [1.165, 1.54) is 11.0 Å². The van der Waals surface area contributed by atoms with Crippen molar-refractivity contribution in [3.63, 3.8) is 0 Å². The van der Waals surface area contributed by atoms with Gasteiger partial charge in [-0.05, 0) is 60.2 Å². The number of nitrogens with zero attached hydrogens (tertiary/aromatic N) is 1. The topological polar surface area (TPSA) is 32.7 Å². The van der Waals surface area contributed by atoms with Gasteiger partial charge in [-0.15, -0.1) is 0 Å². The highest BCUT2D eigenvalue weighted by molar-refractivity contribution is 6.42. The maximum Gasteiger partial charge on any atom is 0.416 e. The second-order valence-electron chi connectivity index (χ2n) is 8.97. The zero-order chi connectivity index (χ0) is 29.9. The van der Waals surface area contributed by atoms with E-state index in [9.17, 15) is 35.8 Å². The largest absolute Gasteiger partial charge is 0.456 e. The summed E-state index contributed by atoms with van der Waals surface area (Å²) in [5.74, 6) is -0.452. The lowest BCUT2D eigenvalue weighted by Crippen LogP contribution is -2.29. The second-order valence-corrected chi connectivity index (χ2v) is 9.76. The SMILES string of the molecule is OC(CN(Cc1cc(C(F)(F)F)ccc1F)c1cccc(Oc2cccc(Cl)c2Cl)c1)c1ccc(C(F)(F)F)cc1. The van der Waals surface area contributed by atoms with Gasteiger partial charge in [0.05, 0.1) is 22.3 Å². The Morgan fingerprint density at radius 3 is 2.07 bits per heavy atom. The Kier molecular flexibility index (Phi) is 9.06. The molecule has 0 amide bonds. The smallest absolute Gasteiger partial charge is 0.416 e. The van der Waals surface area contributed by atoms with Crippen LogP contribution in [0.15, 0.2) is 84.9 Å². The number of halogens is 9. The lowest BCUT2D eigenvalue weighted by atomic mass is 10.0. The molecule has 0 radical (unpaired) electrons. The highest BCUT2D eigenvalue weighted by Gasteiger charge is 2.32. The van der Waals surface area contributed by atoms with Crippen molar-refractivity contribution in [2.45, 2.75) is 25.0 Å². The number of hydrogen-bond donors (Lipinski definition) is 1. The average Bonchev–Trinajstić information content (AvgIpc) is 2.91. The number of aliphatic hydroxyl groups excluding tert-OH is 1. The summed E-state index contributed by atoms with van der Waals surface area (Å²) in [6.07, 6.45) is -10.7. The fraction of sp³-hybridized carbons (Fsp3) is 0.172. The predicted octanol–water partition coefficient (Wildman–Crippen LogP) is 9.70. The van der Waals surface area contributed by atoms with Crippen molar-refractivity contribution in [3.8, 4) is 11.5 Å². The van der Waals surface area contributed by atoms with E-state index in [-0.39, 0.29) is 39.2 Å². The number of hydrogen-bond acceptors (Lipinski definition) is 3. The van der Waals surface area contributed by atoms with E-state index in [0.29, 0.717) is 23.9 Å². The molecule has 0 aliphatic carbocycles. The van der Waals surface area contributed by atoms with E-state index in [0.717, 1.165) is 24.3 Å². The molecule has 4 aromatic rings. The summed E-state index contributed by atoms with van der Waals surface area (Å²) >= 11 is 12.2. The van der Waals surface area contributed by atoms with Gasteiger partial charge >= 0.3 is 12.4 Å². The minimum atomic E-state index is -4.73. The first-order valence-corrected chi connectivity index (χ1v) is 12.7. The van der Waals surface area contributed by atoms with Gasteiger partial charge in [0.15, 0.2) is 0 Å². The molecule has 216 valence electrons. The Morgan fingerprint density at radius 2 is 1.41 bits per heavy atom. The van der Waals surface area contributed by atoms with Crippen molar-refractivity contribution < 1.29 is 40.6 Å². The summed E-state index contributed by atoms with van der Waals surface area (Å²) in [5.41, 5.74) is -1.87. The van der Waals surface area contributed by atoms with Gasteiger partial charge in [-0.25, -0.2) is 4.39 Å². The molecule has 0 aliphatic rings. The Hall–Kier alpha value is -3.47. The van der Waals surface area contributed by atoms with Crippen molar-refractivity contribution in [3.05, 3.63) is 123 Å². The minimum Gasteiger partial charge on any atom is -0.456 e. The lowest BCUT2D eigenvalue weighted by Gasteiger charge is -2.28. The summed E-state index contributed by atoms with van der Waals surface area (Å²) in [6.45, 7) is -0.739. The van der Waals surface area contributed by atoms with Crippen molar-refractivity contribution in [2.75, 3.05) is 11.4 Å². The Bertz CT molecular complexity index is 1510. The van der Waals surface area contributed by atoms with Crippen LogP contribution >= 0.6 is 23.2 Å². The van der Waals surface area contributed by atoms with E-state index in [1.54, 1.807) is 36.4 Å². The Labute approximate surface area is 240 Å². The molecule has 0 spiro atoms. The number of alkyl halides is 6. The van der Waals surface area contributed by atoms with Crippen LogP contribution < -0.4 is 9.64 Å². The Morgan fingerprint density at radius 1 is 0.780 bits per heavy atom. The van der Waals surface area contributed by atoms with Crippen LogP contribution in [0.25, 0.3) is 0 Å². The minimum absolute atomic E-state index is 0.116. The van der Waals surface area contributed by atoms with Crippen LogP contribution in [0.1, 0.15) is 28.4 Å². The second kappa shape index (κ2) is 12.2. The molecule has 41 heavy (non-hydrogen) atoms. The molecule has 0 fully saturated rings. The third-order valence-corrected chi connectivity index (χ3v) is 6.88. The van der Waals surface area contributed by atoms with Gasteiger partial charge in [0.1, 0.15) is 22.3 Å². The number of ether oxygens (including phenoxy) is 1. The molecule has 4 aromatic carbocycles. The van der Waals surface area contributed by atoms with Gasteiger partial charge in [-0.3, -0.25) is 0 Å². The molecule has 1 N–H and O–H groups in total. The third kappa shape index (κ3) is 7.63. The van der Waals surface area contributed by atoms with Crippen molar-refractivity contribution >= 4 is 28.9 Å². The van der Waals surface area contributed by atoms with Crippen molar-refractivity contribution in [1.29, 1.82) is 0 Å². The van der Waals surface area contributed by atoms with Crippen LogP contribution in [0, 0.1) is 5.82 Å². The molecule has 1 unspecified atom stereocenters. The van der Waals surface area contributed by atoms with E-state index >= 15 is 0 Å². The Balaban J connectivity index is 1.68. The van der Waals surface area contributed by atoms with E-state index in [1.807, 2.05) is 0 Å². The van der Waals surface area contributed by atoms with Gasteiger partial charge in [0, 0.05) is 30.4 Å². The van der Waals surface area contributed by atoms with Crippen LogP contribution in [-0.4, -0.2) is 11.7 Å². The van der Waals surface area contributed by atoms with Gasteiger partial charge in [0.25, 0.3) is 0 Å². The van der Waals surface area contributed by atoms with Crippen LogP contribution in [0.3, 0.4) is 0 Å². The van der Waals surface area contributed by atoms with Gasteiger partial charge in [-0.1, -0.05) is 47.5 Å². The maximum absolute atomic E-state index is 14.7. The number of aliphatic hydroxyl groups is 1. The van der Waals surface area contributed by atoms with Crippen LogP contribution in [0.5, 0.6) is 11.5 Å².